The number of imidazole rings is 1. The van der Waals surface area contributed by atoms with Crippen LogP contribution in [0, 0.1) is 11.3 Å². The number of hydrogen-bond acceptors (Lipinski definition) is 2. The fourth-order valence-corrected chi connectivity index (χ4v) is 2.07. The molecule has 1 heterocycles. The number of fused-ring (bicyclic) bond motifs is 1. The van der Waals surface area contributed by atoms with Crippen LogP contribution in [0.2, 0.25) is 5.02 Å². The maximum atomic E-state index is 8.84. The predicted octanol–water partition coefficient (Wildman–Crippen LogP) is 3.75. The van der Waals surface area contributed by atoms with Gasteiger partial charge in [-0.25, -0.2) is 4.98 Å². The van der Waals surface area contributed by atoms with Gasteiger partial charge in [0, 0.05) is 5.56 Å². The number of benzene rings is 2. The largest absolute Gasteiger partial charge is 0.338 e. The van der Waals surface area contributed by atoms with Gasteiger partial charge in [-0.1, -0.05) is 23.7 Å². The van der Waals surface area contributed by atoms with E-state index in [1.165, 1.54) is 0 Å². The molecule has 0 aliphatic heterocycles. The maximum absolute atomic E-state index is 8.84. The zero-order valence-corrected chi connectivity index (χ0v) is 10.1. The molecule has 0 unspecified atom stereocenters. The van der Waals surface area contributed by atoms with E-state index in [-0.39, 0.29) is 0 Å². The lowest BCUT2D eigenvalue weighted by Crippen LogP contribution is -1.83. The smallest absolute Gasteiger partial charge is 0.138 e. The van der Waals surface area contributed by atoms with Crippen molar-refractivity contribution in [2.45, 2.75) is 0 Å². The average molecular weight is 254 g/mol. The Morgan fingerprint density at radius 2 is 2.00 bits per heavy atom. The van der Waals surface area contributed by atoms with E-state index < -0.39 is 0 Å². The van der Waals surface area contributed by atoms with Gasteiger partial charge in [0.25, 0.3) is 0 Å². The minimum absolute atomic E-state index is 0.440. The number of aromatic nitrogens is 2. The molecule has 18 heavy (non-hydrogen) atoms. The summed E-state index contributed by atoms with van der Waals surface area (Å²) in [6, 6.07) is 15.1. The molecule has 1 N–H and O–H groups in total. The highest BCUT2D eigenvalue weighted by Gasteiger charge is 2.07. The molecule has 4 heteroatoms. The monoisotopic (exact) mass is 253 g/mol. The van der Waals surface area contributed by atoms with E-state index in [1.54, 1.807) is 12.1 Å². The lowest BCUT2D eigenvalue weighted by molar-refractivity contribution is 1.33. The topological polar surface area (TPSA) is 52.5 Å². The summed E-state index contributed by atoms with van der Waals surface area (Å²) in [7, 11) is 0. The fraction of sp³-hybridized carbons (Fsp3) is 0. The summed E-state index contributed by atoms with van der Waals surface area (Å²) in [6.07, 6.45) is 0. The van der Waals surface area contributed by atoms with Gasteiger partial charge in [-0.05, 0) is 30.3 Å². The maximum Gasteiger partial charge on any atom is 0.138 e. The molecule has 0 fully saturated rings. The van der Waals surface area contributed by atoms with Gasteiger partial charge >= 0.3 is 0 Å². The van der Waals surface area contributed by atoms with E-state index in [1.807, 2.05) is 36.4 Å². The Morgan fingerprint density at radius 3 is 2.72 bits per heavy atom. The quantitative estimate of drug-likeness (QED) is 0.718. The molecule has 2 aromatic carbocycles. The van der Waals surface area contributed by atoms with Gasteiger partial charge in [0.05, 0.1) is 21.6 Å². The van der Waals surface area contributed by atoms with Crippen LogP contribution in [-0.4, -0.2) is 9.97 Å². The molecule has 0 aliphatic carbocycles. The first-order valence-electron chi connectivity index (χ1n) is 5.43. The number of para-hydroxylation sites is 2. The number of H-pyrrole nitrogens is 1. The van der Waals surface area contributed by atoms with Crippen LogP contribution in [0.3, 0.4) is 0 Å². The van der Waals surface area contributed by atoms with Crippen LogP contribution in [0.15, 0.2) is 42.5 Å². The lowest BCUT2D eigenvalue weighted by atomic mass is 10.1. The van der Waals surface area contributed by atoms with Crippen LogP contribution >= 0.6 is 11.6 Å². The Bertz CT molecular complexity index is 735. The van der Waals surface area contributed by atoms with E-state index in [0.29, 0.717) is 10.6 Å². The van der Waals surface area contributed by atoms with Crippen molar-refractivity contribution >= 4 is 22.6 Å². The molecule has 0 amide bonds. The van der Waals surface area contributed by atoms with Crippen molar-refractivity contribution in [1.82, 2.24) is 9.97 Å². The molecule has 0 radical (unpaired) electrons. The van der Waals surface area contributed by atoms with Crippen molar-refractivity contribution in [2.24, 2.45) is 0 Å². The number of halogens is 1. The van der Waals surface area contributed by atoms with Gasteiger partial charge < -0.3 is 4.98 Å². The molecule has 0 saturated heterocycles. The molecule has 1 aromatic heterocycles. The number of hydrogen-bond donors (Lipinski definition) is 1. The Kier molecular flexibility index (Phi) is 2.51. The molecular formula is C14H8ClN3. The van der Waals surface area contributed by atoms with E-state index in [4.69, 9.17) is 16.9 Å². The molecule has 3 rings (SSSR count). The second-order valence-electron chi connectivity index (χ2n) is 3.91. The van der Waals surface area contributed by atoms with Crippen LogP contribution in [0.4, 0.5) is 0 Å². The summed E-state index contributed by atoms with van der Waals surface area (Å²) in [6.45, 7) is 0. The van der Waals surface area contributed by atoms with Gasteiger partial charge in [0.15, 0.2) is 0 Å². The van der Waals surface area contributed by atoms with E-state index in [0.717, 1.165) is 22.4 Å². The predicted molar refractivity (Wildman–Crippen MR) is 71.3 cm³/mol. The first-order chi connectivity index (χ1) is 8.78. The summed E-state index contributed by atoms with van der Waals surface area (Å²) in [5.41, 5.74) is 3.23. The second-order valence-corrected chi connectivity index (χ2v) is 4.32. The number of rotatable bonds is 1. The third-order valence-corrected chi connectivity index (χ3v) is 3.07. The summed E-state index contributed by atoms with van der Waals surface area (Å²) in [4.78, 5) is 7.71. The third kappa shape index (κ3) is 1.73. The summed E-state index contributed by atoms with van der Waals surface area (Å²) in [5, 5.41) is 9.28. The summed E-state index contributed by atoms with van der Waals surface area (Å²) >= 11 is 6.01. The zero-order valence-electron chi connectivity index (χ0n) is 9.31. The number of aromatic amines is 1. The summed E-state index contributed by atoms with van der Waals surface area (Å²) in [5.74, 6) is 0.752. The lowest BCUT2D eigenvalue weighted by Gasteiger charge is -1.99. The Hall–Kier alpha value is -2.31. The van der Waals surface area contributed by atoms with Crippen molar-refractivity contribution in [3.8, 4) is 17.5 Å². The molecule has 0 bridgehead atoms. The molecule has 3 nitrogen and oxygen atoms in total. The fourth-order valence-electron chi connectivity index (χ4n) is 1.84. The molecular weight excluding hydrogens is 246 g/mol. The number of nitrogens with zero attached hydrogens (tertiary/aromatic N) is 2. The molecule has 0 atom stereocenters. The SMILES string of the molecule is N#Cc1ccc(-c2nc3ccccc3[nH]2)cc1Cl. The molecule has 86 valence electrons. The minimum atomic E-state index is 0.440. The van der Waals surface area contributed by atoms with Gasteiger partial charge in [-0.3, -0.25) is 0 Å². The Balaban J connectivity index is 2.15. The van der Waals surface area contributed by atoms with E-state index in [9.17, 15) is 0 Å². The van der Waals surface area contributed by atoms with E-state index in [2.05, 4.69) is 9.97 Å². The zero-order chi connectivity index (χ0) is 12.5. The van der Waals surface area contributed by atoms with Crippen LogP contribution in [0.1, 0.15) is 5.56 Å². The highest BCUT2D eigenvalue weighted by Crippen LogP contribution is 2.25. The summed E-state index contributed by atoms with van der Waals surface area (Å²) < 4.78 is 0. The molecule has 0 spiro atoms. The third-order valence-electron chi connectivity index (χ3n) is 2.75. The molecule has 0 saturated carbocycles. The van der Waals surface area contributed by atoms with Gasteiger partial charge in [-0.2, -0.15) is 5.26 Å². The van der Waals surface area contributed by atoms with Crippen molar-refractivity contribution in [2.75, 3.05) is 0 Å². The Labute approximate surface area is 109 Å². The van der Waals surface area contributed by atoms with Crippen molar-refractivity contribution in [3.63, 3.8) is 0 Å². The first-order valence-corrected chi connectivity index (χ1v) is 5.80. The van der Waals surface area contributed by atoms with Gasteiger partial charge in [-0.15, -0.1) is 0 Å². The standard InChI is InChI=1S/C14H8ClN3/c15-11-7-9(5-6-10(11)8-16)14-17-12-3-1-2-4-13(12)18-14/h1-7H,(H,17,18). The van der Waals surface area contributed by atoms with Crippen molar-refractivity contribution in [1.29, 1.82) is 5.26 Å². The van der Waals surface area contributed by atoms with E-state index >= 15 is 0 Å². The average Bonchev–Trinajstić information content (AvgIpc) is 2.82. The van der Waals surface area contributed by atoms with Crippen LogP contribution in [-0.2, 0) is 0 Å². The first kappa shape index (κ1) is 10.8. The van der Waals surface area contributed by atoms with Crippen LogP contribution in [0.25, 0.3) is 22.4 Å². The van der Waals surface area contributed by atoms with Crippen LogP contribution < -0.4 is 0 Å². The van der Waals surface area contributed by atoms with Crippen LogP contribution in [0.5, 0.6) is 0 Å². The van der Waals surface area contributed by atoms with Crippen molar-refractivity contribution < 1.29 is 0 Å². The van der Waals surface area contributed by atoms with Gasteiger partial charge in [0.1, 0.15) is 11.9 Å². The Morgan fingerprint density at radius 1 is 1.17 bits per heavy atom. The number of nitrogens with one attached hydrogen (secondary N) is 1. The molecule has 3 aromatic rings. The van der Waals surface area contributed by atoms with Crippen molar-refractivity contribution in [3.05, 3.63) is 53.1 Å². The van der Waals surface area contributed by atoms with Gasteiger partial charge in [0.2, 0.25) is 0 Å². The normalized spacial score (nSPS) is 10.4. The second kappa shape index (κ2) is 4.17. The number of nitriles is 1. The highest BCUT2D eigenvalue weighted by atomic mass is 35.5. The minimum Gasteiger partial charge on any atom is -0.338 e. The molecule has 0 aliphatic rings. The highest BCUT2D eigenvalue weighted by molar-refractivity contribution is 6.32.